The van der Waals surface area contributed by atoms with Crippen LogP contribution in [0.25, 0.3) is 0 Å². The summed E-state index contributed by atoms with van der Waals surface area (Å²) in [5.41, 5.74) is 0.349. The molecule has 3 atom stereocenters. The summed E-state index contributed by atoms with van der Waals surface area (Å²) in [7, 11) is 0.193. The van der Waals surface area contributed by atoms with Gasteiger partial charge in [0.15, 0.2) is 0 Å². The molecular weight excluding hydrogens is 414 g/mol. The van der Waals surface area contributed by atoms with Crippen LogP contribution in [-0.2, 0) is 14.8 Å². The summed E-state index contributed by atoms with van der Waals surface area (Å²) in [5.74, 6) is -0.159. The van der Waals surface area contributed by atoms with Crippen LogP contribution in [0.4, 0.5) is 0 Å². The number of hydrogen-bond donors (Lipinski definition) is 0. The molecule has 1 amide bonds. The lowest BCUT2D eigenvalue weighted by Crippen LogP contribution is -2.48. The van der Waals surface area contributed by atoms with Gasteiger partial charge in [-0.25, -0.2) is 8.42 Å². The number of hydrogen-bond acceptors (Lipinski definition) is 5. The molecule has 162 valence electrons. The molecule has 2 saturated heterocycles. The molecule has 9 heteroatoms. The van der Waals surface area contributed by atoms with Crippen molar-refractivity contribution in [2.45, 2.75) is 49.8 Å². The van der Waals surface area contributed by atoms with Crippen molar-refractivity contribution in [3.8, 4) is 0 Å². The van der Waals surface area contributed by atoms with Gasteiger partial charge in [0.05, 0.1) is 17.2 Å². The van der Waals surface area contributed by atoms with Crippen LogP contribution >= 0.6 is 11.6 Å². The molecule has 0 spiro atoms. The van der Waals surface area contributed by atoms with Crippen molar-refractivity contribution >= 4 is 27.5 Å². The Morgan fingerprint density at radius 2 is 1.83 bits per heavy atom. The largest absolute Gasteiger partial charge is 0.373 e. The lowest BCUT2D eigenvalue weighted by Gasteiger charge is -2.36. The van der Waals surface area contributed by atoms with E-state index in [1.165, 1.54) is 16.4 Å². The zero-order valence-electron chi connectivity index (χ0n) is 17.5. The smallest absolute Gasteiger partial charge is 0.253 e. The van der Waals surface area contributed by atoms with E-state index in [2.05, 4.69) is 4.90 Å². The summed E-state index contributed by atoms with van der Waals surface area (Å²) in [4.78, 5) is 17.0. The summed E-state index contributed by atoms with van der Waals surface area (Å²) in [6.07, 6.45) is 1.57. The van der Waals surface area contributed by atoms with Gasteiger partial charge in [0.1, 0.15) is 4.90 Å². The zero-order valence-corrected chi connectivity index (χ0v) is 19.0. The van der Waals surface area contributed by atoms with E-state index >= 15 is 0 Å². The average molecular weight is 444 g/mol. The molecule has 2 heterocycles. The summed E-state index contributed by atoms with van der Waals surface area (Å²) in [5, 5.41) is 0.123. The monoisotopic (exact) mass is 443 g/mol. The standard InChI is InChI=1S/C20H30ClN3O4S/c1-14-11-24(12-15(2)28-14)29(26,27)19-10-16(7-8-18(19)21)20(25)23-9-5-6-17(13-23)22(3)4/h7-8,10,14-15,17H,5-6,9,11-13H2,1-4H3. The maximum absolute atomic E-state index is 13.2. The fourth-order valence-corrected chi connectivity index (χ4v) is 6.13. The number of ether oxygens (including phenoxy) is 1. The number of likely N-dealkylation sites (N-methyl/N-ethyl adjacent to an activating group) is 1. The van der Waals surface area contributed by atoms with E-state index in [9.17, 15) is 13.2 Å². The summed E-state index contributed by atoms with van der Waals surface area (Å²) in [6, 6.07) is 4.83. The molecule has 2 aliphatic rings. The minimum Gasteiger partial charge on any atom is -0.373 e. The Bertz CT molecular complexity index is 851. The highest BCUT2D eigenvalue weighted by Crippen LogP contribution is 2.29. The lowest BCUT2D eigenvalue weighted by molar-refractivity contribution is -0.0440. The number of amides is 1. The number of carbonyl (C=O) groups is 1. The van der Waals surface area contributed by atoms with Crippen LogP contribution in [0.1, 0.15) is 37.0 Å². The van der Waals surface area contributed by atoms with E-state index < -0.39 is 10.0 Å². The first-order valence-corrected chi connectivity index (χ1v) is 11.8. The summed E-state index contributed by atoms with van der Waals surface area (Å²) in [6.45, 7) is 5.52. The van der Waals surface area contributed by atoms with Gasteiger partial charge in [0, 0.05) is 37.8 Å². The van der Waals surface area contributed by atoms with Gasteiger partial charge in [0.25, 0.3) is 5.91 Å². The first-order valence-electron chi connectivity index (χ1n) is 10.0. The predicted molar refractivity (Wildman–Crippen MR) is 113 cm³/mol. The Kier molecular flexibility index (Phi) is 6.90. The van der Waals surface area contributed by atoms with Crippen LogP contribution in [-0.4, -0.2) is 87.0 Å². The molecule has 1 aromatic carbocycles. The Labute approximate surface area is 178 Å². The van der Waals surface area contributed by atoms with E-state index in [1.54, 1.807) is 11.0 Å². The van der Waals surface area contributed by atoms with Crippen molar-refractivity contribution < 1.29 is 17.9 Å². The second kappa shape index (κ2) is 8.89. The highest BCUT2D eigenvalue weighted by atomic mass is 35.5. The van der Waals surface area contributed by atoms with E-state index in [1.807, 2.05) is 27.9 Å². The molecule has 0 aromatic heterocycles. The zero-order chi connectivity index (χ0) is 21.3. The number of nitrogens with zero attached hydrogens (tertiary/aromatic N) is 3. The summed E-state index contributed by atoms with van der Waals surface area (Å²) < 4.78 is 33.5. The molecule has 1 aromatic rings. The van der Waals surface area contributed by atoms with Gasteiger partial charge in [-0.2, -0.15) is 4.31 Å². The topological polar surface area (TPSA) is 70.2 Å². The number of piperidine rings is 1. The van der Waals surface area contributed by atoms with Gasteiger partial charge in [0.2, 0.25) is 10.0 Å². The minimum atomic E-state index is -3.83. The molecule has 3 rings (SSSR count). The maximum Gasteiger partial charge on any atom is 0.253 e. The number of halogens is 1. The number of likely N-dealkylation sites (tertiary alicyclic amines) is 1. The molecule has 2 fully saturated rings. The average Bonchev–Trinajstić information content (AvgIpc) is 2.67. The third-order valence-electron chi connectivity index (χ3n) is 5.60. The molecule has 2 aliphatic heterocycles. The van der Waals surface area contributed by atoms with Crippen molar-refractivity contribution in [3.63, 3.8) is 0 Å². The summed E-state index contributed by atoms with van der Waals surface area (Å²) >= 11 is 6.26. The first-order chi connectivity index (χ1) is 13.6. The Hall–Kier alpha value is -1.19. The van der Waals surface area contributed by atoms with E-state index in [0.717, 1.165) is 12.8 Å². The number of rotatable bonds is 4. The molecule has 0 radical (unpaired) electrons. The SMILES string of the molecule is CC1CN(S(=O)(=O)c2cc(C(=O)N3CCCC(N(C)C)C3)ccc2Cl)CC(C)O1. The molecule has 3 unspecified atom stereocenters. The van der Waals surface area contributed by atoms with Crippen LogP contribution in [0.3, 0.4) is 0 Å². The second-order valence-corrected chi connectivity index (χ2v) is 10.5. The molecule has 0 N–H and O–H groups in total. The van der Waals surface area contributed by atoms with Crippen molar-refractivity contribution in [2.24, 2.45) is 0 Å². The van der Waals surface area contributed by atoms with E-state index in [4.69, 9.17) is 16.3 Å². The third-order valence-corrected chi connectivity index (χ3v) is 7.91. The van der Waals surface area contributed by atoms with Crippen molar-refractivity contribution in [1.29, 1.82) is 0 Å². The van der Waals surface area contributed by atoms with Gasteiger partial charge in [-0.15, -0.1) is 0 Å². The lowest BCUT2D eigenvalue weighted by atomic mass is 10.0. The van der Waals surface area contributed by atoms with Gasteiger partial charge >= 0.3 is 0 Å². The third kappa shape index (κ3) is 4.94. The second-order valence-electron chi connectivity index (χ2n) is 8.24. The Balaban J connectivity index is 1.87. The number of carbonyl (C=O) groups excluding carboxylic acids is 1. The van der Waals surface area contributed by atoms with Crippen LogP contribution < -0.4 is 0 Å². The van der Waals surface area contributed by atoms with Gasteiger partial charge in [-0.3, -0.25) is 4.79 Å². The number of sulfonamides is 1. The van der Waals surface area contributed by atoms with Gasteiger partial charge in [-0.1, -0.05) is 11.6 Å². The van der Waals surface area contributed by atoms with Crippen LogP contribution in [0.2, 0.25) is 5.02 Å². The van der Waals surface area contributed by atoms with Gasteiger partial charge < -0.3 is 14.5 Å². The fourth-order valence-electron chi connectivity index (χ4n) is 4.04. The molecule has 7 nitrogen and oxygen atoms in total. The molecule has 0 bridgehead atoms. The van der Waals surface area contributed by atoms with E-state index in [0.29, 0.717) is 24.7 Å². The molecular formula is C20H30ClN3O4S. The Morgan fingerprint density at radius 1 is 1.17 bits per heavy atom. The normalized spacial score (nSPS) is 26.7. The van der Waals surface area contributed by atoms with Crippen molar-refractivity contribution in [3.05, 3.63) is 28.8 Å². The van der Waals surface area contributed by atoms with Crippen LogP contribution in [0.15, 0.2) is 23.1 Å². The number of morpholine rings is 1. The quantitative estimate of drug-likeness (QED) is 0.714. The van der Waals surface area contributed by atoms with Crippen molar-refractivity contribution in [2.75, 3.05) is 40.3 Å². The number of benzene rings is 1. The molecule has 0 aliphatic carbocycles. The highest BCUT2D eigenvalue weighted by molar-refractivity contribution is 7.89. The van der Waals surface area contributed by atoms with Crippen LogP contribution in [0, 0.1) is 0 Å². The predicted octanol–water partition coefficient (Wildman–Crippen LogP) is 2.30. The van der Waals surface area contributed by atoms with Crippen LogP contribution in [0.5, 0.6) is 0 Å². The maximum atomic E-state index is 13.2. The van der Waals surface area contributed by atoms with Crippen molar-refractivity contribution in [1.82, 2.24) is 14.1 Å². The first kappa shape index (κ1) is 22.5. The minimum absolute atomic E-state index is 0.0208. The Morgan fingerprint density at radius 3 is 2.45 bits per heavy atom. The fraction of sp³-hybridized carbons (Fsp3) is 0.650. The molecule has 29 heavy (non-hydrogen) atoms. The highest BCUT2D eigenvalue weighted by Gasteiger charge is 2.34. The van der Waals surface area contributed by atoms with Gasteiger partial charge in [-0.05, 0) is 59.0 Å². The molecule has 0 saturated carbocycles. The van der Waals surface area contributed by atoms with E-state index in [-0.39, 0.29) is 41.1 Å².